The first-order chi connectivity index (χ1) is 12.0. The van der Waals surface area contributed by atoms with Gasteiger partial charge < -0.3 is 30.2 Å². The van der Waals surface area contributed by atoms with Crippen LogP contribution in [0.5, 0.6) is 0 Å². The lowest BCUT2D eigenvalue weighted by Gasteiger charge is -2.24. The summed E-state index contributed by atoms with van der Waals surface area (Å²) < 4.78 is 5.28. The molecule has 0 bridgehead atoms. The molecule has 0 radical (unpaired) electrons. The van der Waals surface area contributed by atoms with Crippen molar-refractivity contribution in [2.24, 2.45) is 0 Å². The minimum atomic E-state index is -1.26. The summed E-state index contributed by atoms with van der Waals surface area (Å²) in [5.74, 6) is -1.71. The Balaban J connectivity index is 1.82. The van der Waals surface area contributed by atoms with E-state index in [2.05, 4.69) is 5.32 Å². The van der Waals surface area contributed by atoms with Crippen molar-refractivity contribution in [1.82, 2.24) is 0 Å². The molecule has 9 heteroatoms. The lowest BCUT2D eigenvalue weighted by molar-refractivity contribution is -0.920. The summed E-state index contributed by atoms with van der Waals surface area (Å²) in [5.41, 5.74) is 0.356. The number of carbonyl (C=O) groups excluding carboxylic acids is 2. The molecule has 1 aromatic rings. The van der Waals surface area contributed by atoms with E-state index in [9.17, 15) is 14.7 Å². The first-order valence-corrected chi connectivity index (χ1v) is 8.92. The van der Waals surface area contributed by atoms with Gasteiger partial charge in [0, 0.05) is 0 Å². The Kier molecular flexibility index (Phi) is 7.92. The minimum Gasteiger partial charge on any atom is -0.544 e. The van der Waals surface area contributed by atoms with Crippen LogP contribution in [0.1, 0.15) is 6.42 Å². The number of hydrogen-bond donors (Lipinski definition) is 3. The number of nitrogens with one attached hydrogen (secondary N) is 2. The summed E-state index contributed by atoms with van der Waals surface area (Å²) in [7, 11) is 0. The van der Waals surface area contributed by atoms with E-state index in [-0.39, 0.29) is 11.4 Å². The Morgan fingerprint density at radius 2 is 2.04 bits per heavy atom. The molecule has 0 spiro atoms. The molecule has 0 aromatic heterocycles. The maximum absolute atomic E-state index is 12.1. The highest BCUT2D eigenvalue weighted by Gasteiger charge is 2.21. The fourth-order valence-corrected chi connectivity index (χ4v) is 3.01. The van der Waals surface area contributed by atoms with Crippen LogP contribution in [0.2, 0.25) is 10.0 Å². The number of aliphatic carboxylic acids is 1. The number of benzene rings is 1. The second-order valence-corrected chi connectivity index (χ2v) is 6.70. The van der Waals surface area contributed by atoms with Crippen molar-refractivity contribution in [1.29, 1.82) is 0 Å². The van der Waals surface area contributed by atoms with Gasteiger partial charge in [0.05, 0.1) is 41.3 Å². The van der Waals surface area contributed by atoms with E-state index in [0.717, 1.165) is 32.8 Å². The monoisotopic (exact) mass is 390 g/mol. The Hall–Kier alpha value is -1.38. The number of nitrogens with two attached hydrogens (primary N) is 1. The van der Waals surface area contributed by atoms with Gasteiger partial charge in [-0.3, -0.25) is 4.79 Å². The molecule has 2 rings (SSSR count). The van der Waals surface area contributed by atoms with Gasteiger partial charge >= 0.3 is 0 Å². The van der Waals surface area contributed by atoms with Gasteiger partial charge in [-0.2, -0.15) is 0 Å². The summed E-state index contributed by atoms with van der Waals surface area (Å²) in [6.45, 7) is 4.69. The molecule has 1 fully saturated rings. The summed E-state index contributed by atoms with van der Waals surface area (Å²) >= 11 is 11.9. The van der Waals surface area contributed by atoms with Crippen molar-refractivity contribution in [3.8, 4) is 0 Å². The number of morpholine rings is 1. The lowest BCUT2D eigenvalue weighted by Crippen LogP contribution is -3.17. The fraction of sp³-hybridized carbons (Fsp3) is 0.500. The summed E-state index contributed by atoms with van der Waals surface area (Å²) in [6, 6.07) is 3.91. The van der Waals surface area contributed by atoms with Crippen LogP contribution in [0.4, 0.5) is 5.69 Å². The first-order valence-electron chi connectivity index (χ1n) is 8.16. The van der Waals surface area contributed by atoms with Crippen LogP contribution in [-0.4, -0.2) is 57.3 Å². The summed E-state index contributed by atoms with van der Waals surface area (Å²) in [5, 5.41) is 16.1. The van der Waals surface area contributed by atoms with Crippen molar-refractivity contribution in [2.45, 2.75) is 12.5 Å². The minimum absolute atomic E-state index is 0.205. The zero-order chi connectivity index (χ0) is 18.2. The molecule has 7 nitrogen and oxygen atoms in total. The van der Waals surface area contributed by atoms with Gasteiger partial charge in [0.25, 0.3) is 0 Å². The van der Waals surface area contributed by atoms with Crippen molar-refractivity contribution < 1.29 is 29.6 Å². The molecule has 1 atom stereocenters. The molecule has 138 valence electrons. The standard InChI is InChI=1S/C16H21Cl2N3O4/c17-11-2-1-3-12(15(11)18)20-14(22)10-13(16(23)24)19-4-5-21-6-8-25-9-7-21/h1-3,13,19H,4-10H2,(H,20,22)(H,23,24)/p+1/t13-/m0/s1. The Labute approximate surface area is 156 Å². The summed E-state index contributed by atoms with van der Waals surface area (Å²) in [4.78, 5) is 24.8. The van der Waals surface area contributed by atoms with E-state index in [1.807, 2.05) is 0 Å². The highest BCUT2D eigenvalue weighted by molar-refractivity contribution is 6.43. The van der Waals surface area contributed by atoms with Crippen molar-refractivity contribution in [3.63, 3.8) is 0 Å². The van der Waals surface area contributed by atoms with Crippen LogP contribution >= 0.6 is 23.2 Å². The van der Waals surface area contributed by atoms with Gasteiger partial charge in [-0.25, -0.2) is 0 Å². The van der Waals surface area contributed by atoms with Crippen LogP contribution < -0.4 is 20.6 Å². The van der Waals surface area contributed by atoms with Gasteiger partial charge in [0.15, 0.2) is 0 Å². The Bertz CT molecular complexity index is 609. The Morgan fingerprint density at radius 1 is 1.32 bits per heavy atom. The molecule has 4 N–H and O–H groups in total. The zero-order valence-corrected chi connectivity index (χ0v) is 15.2. The number of halogens is 2. The van der Waals surface area contributed by atoms with Gasteiger partial charge in [0.2, 0.25) is 5.91 Å². The van der Waals surface area contributed by atoms with E-state index < -0.39 is 17.9 Å². The average molecular weight is 391 g/mol. The molecule has 0 unspecified atom stereocenters. The SMILES string of the molecule is O=C(C[C@H]([NH2+]CC[NH+]1CCOCC1)C(=O)[O-])Nc1cccc(Cl)c1Cl. The van der Waals surface area contributed by atoms with Crippen LogP contribution in [0.3, 0.4) is 0 Å². The van der Waals surface area contributed by atoms with Crippen LogP contribution in [0.15, 0.2) is 18.2 Å². The highest BCUT2D eigenvalue weighted by atomic mass is 35.5. The topological polar surface area (TPSA) is 99.5 Å². The number of carbonyl (C=O) groups is 2. The number of carboxylic acids is 1. The predicted molar refractivity (Wildman–Crippen MR) is 91.7 cm³/mol. The van der Waals surface area contributed by atoms with Gasteiger partial charge in [-0.1, -0.05) is 29.3 Å². The molecular weight excluding hydrogens is 369 g/mol. The van der Waals surface area contributed by atoms with E-state index in [1.54, 1.807) is 23.5 Å². The number of anilines is 1. The predicted octanol–water partition coefficient (Wildman–Crippen LogP) is -2.08. The maximum Gasteiger partial charge on any atom is 0.230 e. The summed E-state index contributed by atoms with van der Waals surface area (Å²) in [6.07, 6.45) is -0.205. The number of amides is 1. The molecule has 1 heterocycles. The molecule has 1 saturated heterocycles. The largest absolute Gasteiger partial charge is 0.544 e. The number of rotatable bonds is 8. The number of carboxylic acid groups (broad SMARTS) is 1. The second kappa shape index (κ2) is 9.94. The number of hydrogen-bond acceptors (Lipinski definition) is 4. The van der Waals surface area contributed by atoms with Gasteiger partial charge in [-0.15, -0.1) is 0 Å². The number of quaternary nitrogens is 2. The molecule has 0 aliphatic carbocycles. The molecule has 1 amide bonds. The molecule has 1 aliphatic heterocycles. The third kappa shape index (κ3) is 6.45. The normalized spacial score (nSPS) is 16.4. The fourth-order valence-electron chi connectivity index (χ4n) is 2.66. The average Bonchev–Trinajstić information content (AvgIpc) is 2.59. The van der Waals surface area contributed by atoms with E-state index in [0.29, 0.717) is 17.3 Å². The molecule has 25 heavy (non-hydrogen) atoms. The first kappa shape index (κ1) is 19.9. The Morgan fingerprint density at radius 3 is 2.72 bits per heavy atom. The zero-order valence-electron chi connectivity index (χ0n) is 13.7. The van der Waals surface area contributed by atoms with Crippen LogP contribution in [-0.2, 0) is 14.3 Å². The van der Waals surface area contributed by atoms with E-state index in [1.165, 1.54) is 4.90 Å². The molecule has 1 aromatic carbocycles. The quantitative estimate of drug-likeness (QED) is 0.474. The van der Waals surface area contributed by atoms with Crippen molar-refractivity contribution in [2.75, 3.05) is 44.7 Å². The van der Waals surface area contributed by atoms with E-state index >= 15 is 0 Å². The highest BCUT2D eigenvalue weighted by Crippen LogP contribution is 2.29. The van der Waals surface area contributed by atoms with Crippen LogP contribution in [0, 0.1) is 0 Å². The van der Waals surface area contributed by atoms with Gasteiger partial charge in [0.1, 0.15) is 32.2 Å². The molecule has 0 saturated carbocycles. The van der Waals surface area contributed by atoms with E-state index in [4.69, 9.17) is 27.9 Å². The van der Waals surface area contributed by atoms with Crippen molar-refractivity contribution in [3.05, 3.63) is 28.2 Å². The third-order valence-electron chi connectivity index (χ3n) is 4.08. The number of ether oxygens (including phenoxy) is 1. The van der Waals surface area contributed by atoms with Gasteiger partial charge in [-0.05, 0) is 12.1 Å². The molecular formula is C16H22Cl2N3O4+. The lowest BCUT2D eigenvalue weighted by atomic mass is 10.2. The van der Waals surface area contributed by atoms with Crippen molar-refractivity contribution >= 4 is 40.8 Å². The molecule has 1 aliphatic rings. The second-order valence-electron chi connectivity index (χ2n) is 5.92. The van der Waals surface area contributed by atoms with Crippen LogP contribution in [0.25, 0.3) is 0 Å². The smallest absolute Gasteiger partial charge is 0.230 e. The maximum atomic E-state index is 12.1. The third-order valence-corrected chi connectivity index (χ3v) is 4.90.